The van der Waals surface area contributed by atoms with Gasteiger partial charge >= 0.3 is 0 Å². The van der Waals surface area contributed by atoms with E-state index in [0.29, 0.717) is 5.56 Å². The fourth-order valence-corrected chi connectivity index (χ4v) is 2.45. The summed E-state index contributed by atoms with van der Waals surface area (Å²) in [4.78, 5) is 12.5. The molecule has 2 aromatic carbocycles. The molecule has 0 N–H and O–H groups in total. The zero-order valence-corrected chi connectivity index (χ0v) is 10.1. The molecule has 86 valence electrons. The molecule has 0 aliphatic rings. The third-order valence-corrected chi connectivity index (χ3v) is 3.53. The van der Waals surface area contributed by atoms with Crippen LogP contribution in [0, 0.1) is 12.7 Å². The highest BCUT2D eigenvalue weighted by Crippen LogP contribution is 2.30. The second-order valence-electron chi connectivity index (χ2n) is 3.70. The van der Waals surface area contributed by atoms with E-state index >= 15 is 0 Å². The molecule has 0 bridgehead atoms. The second kappa shape index (κ2) is 5.15. The number of hydrogen-bond acceptors (Lipinski definition) is 2. The Labute approximate surface area is 104 Å². The van der Waals surface area contributed by atoms with Crippen LogP contribution in [-0.2, 0) is 0 Å². The molecule has 17 heavy (non-hydrogen) atoms. The summed E-state index contributed by atoms with van der Waals surface area (Å²) in [5, 5.41) is 0. The van der Waals surface area contributed by atoms with Crippen molar-refractivity contribution in [2.24, 2.45) is 0 Å². The molecule has 0 saturated heterocycles. The number of aldehydes is 1. The molecular formula is C14H11FOS. The highest BCUT2D eigenvalue weighted by Gasteiger charge is 2.03. The number of carbonyl (C=O) groups is 1. The summed E-state index contributed by atoms with van der Waals surface area (Å²) in [6.07, 6.45) is 0.823. The molecule has 0 fully saturated rings. The first-order valence-electron chi connectivity index (χ1n) is 5.18. The van der Waals surface area contributed by atoms with E-state index in [1.54, 1.807) is 12.1 Å². The molecular weight excluding hydrogens is 235 g/mol. The summed E-state index contributed by atoms with van der Waals surface area (Å²) in [5.74, 6) is -0.239. The maximum Gasteiger partial charge on any atom is 0.150 e. The lowest BCUT2D eigenvalue weighted by Crippen LogP contribution is -1.85. The van der Waals surface area contributed by atoms with Gasteiger partial charge in [-0.15, -0.1) is 0 Å². The highest BCUT2D eigenvalue weighted by molar-refractivity contribution is 7.99. The monoisotopic (exact) mass is 246 g/mol. The summed E-state index contributed by atoms with van der Waals surface area (Å²) in [6, 6.07) is 11.9. The standard InChI is InChI=1S/C14H11FOS/c1-10-7-11(9-16)5-6-14(10)17-13-4-2-3-12(15)8-13/h2-9H,1H3. The van der Waals surface area contributed by atoms with Gasteiger partial charge in [0.1, 0.15) is 12.1 Å². The van der Waals surface area contributed by atoms with E-state index in [2.05, 4.69) is 0 Å². The average molecular weight is 246 g/mol. The Hall–Kier alpha value is -1.61. The van der Waals surface area contributed by atoms with Gasteiger partial charge in [-0.05, 0) is 42.8 Å². The van der Waals surface area contributed by atoms with Crippen molar-refractivity contribution in [1.82, 2.24) is 0 Å². The summed E-state index contributed by atoms with van der Waals surface area (Å²) < 4.78 is 13.0. The van der Waals surface area contributed by atoms with Gasteiger partial charge in [-0.25, -0.2) is 4.39 Å². The van der Waals surface area contributed by atoms with Gasteiger partial charge in [0.05, 0.1) is 0 Å². The first kappa shape index (κ1) is 11.9. The van der Waals surface area contributed by atoms with Crippen molar-refractivity contribution in [3.05, 3.63) is 59.4 Å². The lowest BCUT2D eigenvalue weighted by atomic mass is 10.2. The maximum absolute atomic E-state index is 13.0. The van der Waals surface area contributed by atoms with Crippen molar-refractivity contribution in [3.8, 4) is 0 Å². The number of carbonyl (C=O) groups excluding carboxylic acids is 1. The summed E-state index contributed by atoms with van der Waals surface area (Å²) in [5.41, 5.74) is 1.68. The summed E-state index contributed by atoms with van der Waals surface area (Å²) in [6.45, 7) is 1.94. The Kier molecular flexibility index (Phi) is 3.59. The third-order valence-electron chi connectivity index (χ3n) is 2.36. The van der Waals surface area contributed by atoms with Crippen LogP contribution >= 0.6 is 11.8 Å². The molecule has 0 aliphatic carbocycles. The Morgan fingerprint density at radius 1 is 1.18 bits per heavy atom. The van der Waals surface area contributed by atoms with Crippen molar-refractivity contribution in [2.45, 2.75) is 16.7 Å². The predicted octanol–water partition coefficient (Wildman–Crippen LogP) is 4.10. The topological polar surface area (TPSA) is 17.1 Å². The normalized spacial score (nSPS) is 10.2. The SMILES string of the molecule is Cc1cc(C=O)ccc1Sc1cccc(F)c1. The second-order valence-corrected chi connectivity index (χ2v) is 4.82. The van der Waals surface area contributed by atoms with Gasteiger partial charge in [-0.2, -0.15) is 0 Å². The number of hydrogen-bond donors (Lipinski definition) is 0. The van der Waals surface area contributed by atoms with Gasteiger partial charge < -0.3 is 0 Å². The Morgan fingerprint density at radius 3 is 2.65 bits per heavy atom. The van der Waals surface area contributed by atoms with Crippen molar-refractivity contribution in [2.75, 3.05) is 0 Å². The minimum absolute atomic E-state index is 0.239. The van der Waals surface area contributed by atoms with Crippen LogP contribution in [0.3, 0.4) is 0 Å². The van der Waals surface area contributed by atoms with Gasteiger partial charge in [0.15, 0.2) is 0 Å². The molecule has 0 radical (unpaired) electrons. The van der Waals surface area contributed by atoms with Gasteiger partial charge in [-0.3, -0.25) is 4.79 Å². The number of rotatable bonds is 3. The van der Waals surface area contributed by atoms with Crippen LogP contribution in [0.1, 0.15) is 15.9 Å². The number of halogens is 1. The van der Waals surface area contributed by atoms with E-state index in [1.165, 1.54) is 23.9 Å². The molecule has 0 spiro atoms. The van der Waals surface area contributed by atoms with Crippen molar-refractivity contribution >= 4 is 18.0 Å². The zero-order valence-electron chi connectivity index (χ0n) is 9.31. The van der Waals surface area contributed by atoms with E-state index in [-0.39, 0.29) is 5.82 Å². The first-order valence-corrected chi connectivity index (χ1v) is 6.00. The summed E-state index contributed by atoms with van der Waals surface area (Å²) in [7, 11) is 0. The van der Waals surface area contributed by atoms with E-state index in [4.69, 9.17) is 0 Å². The fourth-order valence-electron chi connectivity index (χ4n) is 1.52. The van der Waals surface area contributed by atoms with Gasteiger partial charge in [0.25, 0.3) is 0 Å². The van der Waals surface area contributed by atoms with Crippen LogP contribution in [0.5, 0.6) is 0 Å². The lowest BCUT2D eigenvalue weighted by molar-refractivity contribution is 0.112. The Morgan fingerprint density at radius 2 is 2.00 bits per heavy atom. The molecule has 2 aromatic rings. The first-order chi connectivity index (χ1) is 8.19. The minimum atomic E-state index is -0.239. The Bertz CT molecular complexity index is 552. The van der Waals surface area contributed by atoms with Crippen molar-refractivity contribution in [1.29, 1.82) is 0 Å². The van der Waals surface area contributed by atoms with Crippen LogP contribution in [0.25, 0.3) is 0 Å². The van der Waals surface area contributed by atoms with Crippen LogP contribution in [0.15, 0.2) is 52.3 Å². The van der Waals surface area contributed by atoms with E-state index in [9.17, 15) is 9.18 Å². The molecule has 0 saturated carbocycles. The molecule has 1 nitrogen and oxygen atoms in total. The number of aryl methyl sites for hydroxylation is 1. The molecule has 0 amide bonds. The zero-order chi connectivity index (χ0) is 12.3. The molecule has 2 rings (SSSR count). The lowest BCUT2D eigenvalue weighted by Gasteiger charge is -2.06. The largest absolute Gasteiger partial charge is 0.298 e. The maximum atomic E-state index is 13.0. The van der Waals surface area contributed by atoms with Crippen molar-refractivity contribution < 1.29 is 9.18 Å². The Balaban J connectivity index is 2.27. The number of benzene rings is 2. The highest BCUT2D eigenvalue weighted by atomic mass is 32.2. The molecule has 3 heteroatoms. The smallest absolute Gasteiger partial charge is 0.150 e. The van der Waals surface area contributed by atoms with Gasteiger partial charge in [0, 0.05) is 15.4 Å². The molecule has 0 aromatic heterocycles. The quantitative estimate of drug-likeness (QED) is 0.758. The van der Waals surface area contributed by atoms with E-state index < -0.39 is 0 Å². The minimum Gasteiger partial charge on any atom is -0.298 e. The molecule has 0 atom stereocenters. The van der Waals surface area contributed by atoms with Gasteiger partial charge in [-0.1, -0.05) is 23.9 Å². The molecule has 0 heterocycles. The van der Waals surface area contributed by atoms with Crippen molar-refractivity contribution in [3.63, 3.8) is 0 Å². The van der Waals surface area contributed by atoms with Gasteiger partial charge in [0.2, 0.25) is 0 Å². The van der Waals surface area contributed by atoms with E-state index in [0.717, 1.165) is 21.6 Å². The van der Waals surface area contributed by atoms with E-state index in [1.807, 2.05) is 25.1 Å². The predicted molar refractivity (Wildman–Crippen MR) is 67.1 cm³/mol. The van der Waals surface area contributed by atoms with Crippen LogP contribution in [0.2, 0.25) is 0 Å². The molecule has 0 unspecified atom stereocenters. The molecule has 0 aliphatic heterocycles. The van der Waals surface area contributed by atoms with Crippen LogP contribution < -0.4 is 0 Å². The van der Waals surface area contributed by atoms with Crippen LogP contribution in [0.4, 0.5) is 4.39 Å². The van der Waals surface area contributed by atoms with Crippen LogP contribution in [-0.4, -0.2) is 6.29 Å². The summed E-state index contributed by atoms with van der Waals surface area (Å²) >= 11 is 1.49. The third kappa shape index (κ3) is 2.94. The fraction of sp³-hybridized carbons (Fsp3) is 0.0714. The average Bonchev–Trinajstić information content (AvgIpc) is 2.32.